The number of rotatable bonds is 7. The third-order valence-corrected chi connectivity index (χ3v) is 4.14. The van der Waals surface area contributed by atoms with Gasteiger partial charge in [-0.05, 0) is 62.2 Å². The molecule has 1 aliphatic heterocycles. The molecule has 0 bridgehead atoms. The quantitative estimate of drug-likeness (QED) is 0.731. The Hall–Kier alpha value is -3.28. The number of aliphatic hydroxyl groups excluding tert-OH is 1. The summed E-state index contributed by atoms with van der Waals surface area (Å²) in [4.78, 5) is 26.3. The van der Waals surface area contributed by atoms with Crippen LogP contribution in [0.1, 0.15) is 32.8 Å². The van der Waals surface area contributed by atoms with Crippen LogP contribution in [-0.4, -0.2) is 29.6 Å². The summed E-state index contributed by atoms with van der Waals surface area (Å²) in [5.41, 5.74) is 0.812. The number of amides is 2. The molecular weight excluding hydrogens is 358 g/mol. The fraction of sp³-hybridized carbons (Fsp3) is 0.273. The zero-order valence-electron chi connectivity index (χ0n) is 16.1. The number of hydrogen-bond acceptors (Lipinski definition) is 5. The minimum absolute atomic E-state index is 0.0162. The smallest absolute Gasteiger partial charge is 0.301 e. The number of ether oxygens (including phenoxy) is 2. The van der Waals surface area contributed by atoms with Crippen molar-refractivity contribution in [3.8, 4) is 11.5 Å². The molecular formula is C22H23NO5. The van der Waals surface area contributed by atoms with E-state index in [1.807, 2.05) is 20.8 Å². The van der Waals surface area contributed by atoms with Crippen LogP contribution in [0, 0.1) is 0 Å². The molecule has 0 saturated heterocycles. The van der Waals surface area contributed by atoms with E-state index in [-0.39, 0.29) is 11.7 Å². The topological polar surface area (TPSA) is 76.1 Å². The van der Waals surface area contributed by atoms with E-state index < -0.39 is 17.6 Å². The van der Waals surface area contributed by atoms with Gasteiger partial charge in [-0.3, -0.25) is 9.59 Å². The van der Waals surface area contributed by atoms with Crippen molar-refractivity contribution in [2.75, 3.05) is 11.5 Å². The van der Waals surface area contributed by atoms with E-state index in [4.69, 9.17) is 9.47 Å². The van der Waals surface area contributed by atoms with Gasteiger partial charge in [-0.25, -0.2) is 4.90 Å². The van der Waals surface area contributed by atoms with Crippen LogP contribution < -0.4 is 14.4 Å². The predicted molar refractivity (Wildman–Crippen MR) is 106 cm³/mol. The van der Waals surface area contributed by atoms with Crippen LogP contribution in [0.4, 0.5) is 5.69 Å². The summed E-state index contributed by atoms with van der Waals surface area (Å²) in [6.45, 7) is 6.42. The number of aliphatic hydroxyl groups is 1. The van der Waals surface area contributed by atoms with E-state index in [2.05, 4.69) is 0 Å². The second kappa shape index (κ2) is 8.17. The van der Waals surface area contributed by atoms with Crippen molar-refractivity contribution in [3.63, 3.8) is 0 Å². The highest BCUT2D eigenvalue weighted by molar-refractivity contribution is 6.44. The molecule has 1 aliphatic rings. The first kappa shape index (κ1) is 19.5. The Morgan fingerprint density at radius 2 is 1.54 bits per heavy atom. The van der Waals surface area contributed by atoms with E-state index in [9.17, 15) is 14.7 Å². The molecule has 2 amide bonds. The van der Waals surface area contributed by atoms with Crippen LogP contribution in [0.5, 0.6) is 11.5 Å². The molecule has 0 spiro atoms. The van der Waals surface area contributed by atoms with Crippen molar-refractivity contribution >= 4 is 23.1 Å². The van der Waals surface area contributed by atoms with Crippen molar-refractivity contribution in [2.24, 2.45) is 0 Å². The summed E-state index contributed by atoms with van der Waals surface area (Å²) in [5.74, 6) is -0.571. The maximum absolute atomic E-state index is 12.9. The van der Waals surface area contributed by atoms with Gasteiger partial charge in [-0.15, -0.1) is 0 Å². The first-order valence-corrected chi connectivity index (χ1v) is 9.24. The molecule has 0 radical (unpaired) electrons. The summed E-state index contributed by atoms with van der Waals surface area (Å²) < 4.78 is 11.1. The molecule has 6 heteroatoms. The molecule has 6 nitrogen and oxygen atoms in total. The van der Waals surface area contributed by atoms with Gasteiger partial charge in [0.2, 0.25) is 0 Å². The summed E-state index contributed by atoms with van der Waals surface area (Å²) in [5, 5.41) is 10.3. The molecule has 28 heavy (non-hydrogen) atoms. The highest BCUT2D eigenvalue weighted by atomic mass is 16.5. The van der Waals surface area contributed by atoms with Crippen LogP contribution >= 0.6 is 0 Å². The van der Waals surface area contributed by atoms with Crippen LogP contribution in [0.2, 0.25) is 0 Å². The van der Waals surface area contributed by atoms with Crippen LogP contribution in [-0.2, 0) is 9.59 Å². The number of carbonyl (C=O) groups excluding carboxylic acids is 2. The summed E-state index contributed by atoms with van der Waals surface area (Å²) in [7, 11) is 0. The van der Waals surface area contributed by atoms with Gasteiger partial charge in [0.25, 0.3) is 5.91 Å². The van der Waals surface area contributed by atoms with Gasteiger partial charge in [0.1, 0.15) is 11.5 Å². The van der Waals surface area contributed by atoms with E-state index in [0.29, 0.717) is 29.4 Å². The number of benzene rings is 2. The molecule has 0 atom stereocenters. The summed E-state index contributed by atoms with van der Waals surface area (Å²) >= 11 is 0. The van der Waals surface area contributed by atoms with Crippen molar-refractivity contribution in [1.29, 1.82) is 0 Å². The molecule has 0 aliphatic carbocycles. The Bertz CT molecular complexity index is 898. The Balaban J connectivity index is 1.83. The standard InChI is InChI=1S/C22H23NO5/c1-4-13-27-17-9-5-15(6-10-17)19-20(24)22(26)23(21(19)25)16-7-11-18(12-8-16)28-14(2)3/h5-12,14,24H,4,13H2,1-3H3. The summed E-state index contributed by atoms with van der Waals surface area (Å²) in [6.07, 6.45) is 0.902. The van der Waals surface area contributed by atoms with E-state index >= 15 is 0 Å². The second-order valence-electron chi connectivity index (χ2n) is 6.70. The van der Waals surface area contributed by atoms with Crippen LogP contribution in [0.3, 0.4) is 0 Å². The highest BCUT2D eigenvalue weighted by Gasteiger charge is 2.40. The van der Waals surface area contributed by atoms with Gasteiger partial charge in [-0.1, -0.05) is 19.1 Å². The van der Waals surface area contributed by atoms with Crippen LogP contribution in [0.25, 0.3) is 5.57 Å². The first-order chi connectivity index (χ1) is 13.4. The average Bonchev–Trinajstić information content (AvgIpc) is 2.90. The lowest BCUT2D eigenvalue weighted by atomic mass is 10.1. The van der Waals surface area contributed by atoms with Crippen molar-refractivity contribution in [2.45, 2.75) is 33.3 Å². The number of anilines is 1. The van der Waals surface area contributed by atoms with Crippen molar-refractivity contribution in [1.82, 2.24) is 0 Å². The fourth-order valence-corrected chi connectivity index (χ4v) is 2.90. The Labute approximate surface area is 164 Å². The largest absolute Gasteiger partial charge is 0.502 e. The predicted octanol–water partition coefficient (Wildman–Crippen LogP) is 4.11. The van der Waals surface area contributed by atoms with E-state index in [1.54, 1.807) is 48.5 Å². The molecule has 0 fully saturated rings. The molecule has 0 saturated carbocycles. The zero-order valence-corrected chi connectivity index (χ0v) is 16.1. The second-order valence-corrected chi connectivity index (χ2v) is 6.70. The lowest BCUT2D eigenvalue weighted by Gasteiger charge is -2.16. The van der Waals surface area contributed by atoms with Gasteiger partial charge in [0.05, 0.1) is 24.0 Å². The van der Waals surface area contributed by atoms with Crippen molar-refractivity contribution < 1.29 is 24.2 Å². The fourth-order valence-electron chi connectivity index (χ4n) is 2.90. The van der Waals surface area contributed by atoms with Gasteiger partial charge >= 0.3 is 5.91 Å². The molecule has 1 N–H and O–H groups in total. The number of hydrogen-bond donors (Lipinski definition) is 1. The normalized spacial score (nSPS) is 14.2. The maximum Gasteiger partial charge on any atom is 0.301 e. The van der Waals surface area contributed by atoms with Crippen molar-refractivity contribution in [3.05, 3.63) is 59.9 Å². The lowest BCUT2D eigenvalue weighted by molar-refractivity contribution is -0.121. The molecule has 3 rings (SSSR count). The maximum atomic E-state index is 12.9. The minimum Gasteiger partial charge on any atom is -0.502 e. The Morgan fingerprint density at radius 1 is 0.929 bits per heavy atom. The molecule has 0 unspecified atom stereocenters. The van der Waals surface area contributed by atoms with Gasteiger partial charge < -0.3 is 14.6 Å². The molecule has 2 aromatic rings. The lowest BCUT2D eigenvalue weighted by Crippen LogP contribution is -2.31. The third-order valence-electron chi connectivity index (χ3n) is 4.14. The average molecular weight is 381 g/mol. The third kappa shape index (κ3) is 3.86. The van der Waals surface area contributed by atoms with E-state index in [1.165, 1.54) is 0 Å². The number of carbonyl (C=O) groups is 2. The SMILES string of the molecule is CCCOc1ccc(C2=C(O)C(=O)N(c3ccc(OC(C)C)cc3)C2=O)cc1. The minimum atomic E-state index is -0.746. The number of nitrogens with zero attached hydrogens (tertiary/aromatic N) is 1. The first-order valence-electron chi connectivity index (χ1n) is 9.24. The number of imide groups is 1. The zero-order chi connectivity index (χ0) is 20.3. The monoisotopic (exact) mass is 381 g/mol. The Kier molecular flexibility index (Phi) is 5.68. The molecule has 1 heterocycles. The molecule has 0 aromatic heterocycles. The van der Waals surface area contributed by atoms with Gasteiger partial charge in [0, 0.05) is 0 Å². The van der Waals surface area contributed by atoms with Crippen LogP contribution in [0.15, 0.2) is 54.3 Å². The molecule has 146 valence electrons. The van der Waals surface area contributed by atoms with E-state index in [0.717, 1.165) is 11.3 Å². The Morgan fingerprint density at radius 3 is 2.11 bits per heavy atom. The van der Waals surface area contributed by atoms with Gasteiger partial charge in [0.15, 0.2) is 5.76 Å². The van der Waals surface area contributed by atoms with Gasteiger partial charge in [-0.2, -0.15) is 0 Å². The highest BCUT2D eigenvalue weighted by Crippen LogP contribution is 2.33. The molecule has 2 aromatic carbocycles. The summed E-state index contributed by atoms with van der Waals surface area (Å²) in [6, 6.07) is 13.3.